The maximum Gasteiger partial charge on any atom is 0.184 e. The van der Waals surface area contributed by atoms with Gasteiger partial charge in [-0.3, -0.25) is 0 Å². The van der Waals surface area contributed by atoms with Gasteiger partial charge < -0.3 is 24.8 Å². The first kappa shape index (κ1) is 13.9. The van der Waals surface area contributed by atoms with Gasteiger partial charge in [-0.2, -0.15) is 0 Å². The lowest BCUT2D eigenvalue weighted by molar-refractivity contribution is -0.288. The molecule has 0 saturated carbocycles. The minimum atomic E-state index is -1.17. The number of hydrogen-bond acceptors (Lipinski definition) is 5. The predicted octanol–water partition coefficient (Wildman–Crippen LogP) is 0.0207. The zero-order valence-electron chi connectivity index (χ0n) is 9.87. The standard InChI is InChI=1S/C11H22O5/c1-3-4-5-6-15-10-9(13)8(12)7(2)16-11(10)14/h7-14H,3-6H2,1-2H3/t7?,8-,9+,10-,11-/m1/s1. The molecule has 1 saturated heterocycles. The van der Waals surface area contributed by atoms with Crippen molar-refractivity contribution < 1.29 is 24.8 Å². The second-order valence-corrected chi connectivity index (χ2v) is 4.26. The van der Waals surface area contributed by atoms with Gasteiger partial charge in [0.1, 0.15) is 18.3 Å². The Kier molecular flexibility index (Phi) is 5.64. The highest BCUT2D eigenvalue weighted by molar-refractivity contribution is 4.87. The smallest absolute Gasteiger partial charge is 0.184 e. The second kappa shape index (κ2) is 6.51. The summed E-state index contributed by atoms with van der Waals surface area (Å²) in [6.45, 7) is 4.14. The average Bonchev–Trinajstić information content (AvgIpc) is 2.25. The molecule has 5 atom stereocenters. The highest BCUT2D eigenvalue weighted by Gasteiger charge is 2.42. The molecule has 0 amide bonds. The van der Waals surface area contributed by atoms with Crippen LogP contribution in [-0.2, 0) is 9.47 Å². The Morgan fingerprint density at radius 2 is 1.81 bits per heavy atom. The summed E-state index contributed by atoms with van der Waals surface area (Å²) in [5.41, 5.74) is 0. The molecule has 0 bridgehead atoms. The molecule has 1 unspecified atom stereocenters. The maximum absolute atomic E-state index is 9.72. The van der Waals surface area contributed by atoms with Crippen LogP contribution in [0.3, 0.4) is 0 Å². The molecule has 0 spiro atoms. The van der Waals surface area contributed by atoms with Crippen molar-refractivity contribution in [3.8, 4) is 0 Å². The Morgan fingerprint density at radius 1 is 1.12 bits per heavy atom. The highest BCUT2D eigenvalue weighted by atomic mass is 16.7. The lowest BCUT2D eigenvalue weighted by Gasteiger charge is -2.39. The van der Waals surface area contributed by atoms with Crippen LogP contribution in [0, 0.1) is 0 Å². The fraction of sp³-hybridized carbons (Fsp3) is 1.00. The molecule has 0 radical (unpaired) electrons. The van der Waals surface area contributed by atoms with Crippen LogP contribution >= 0.6 is 0 Å². The van der Waals surface area contributed by atoms with Gasteiger partial charge in [-0.1, -0.05) is 19.8 Å². The fourth-order valence-corrected chi connectivity index (χ4v) is 1.77. The first-order chi connectivity index (χ1) is 7.57. The molecule has 16 heavy (non-hydrogen) atoms. The fourth-order valence-electron chi connectivity index (χ4n) is 1.77. The summed E-state index contributed by atoms with van der Waals surface area (Å²) in [4.78, 5) is 0. The Bertz CT molecular complexity index is 199. The van der Waals surface area contributed by atoms with Crippen LogP contribution in [0.4, 0.5) is 0 Å². The number of rotatable bonds is 5. The Hall–Kier alpha value is -0.200. The summed E-state index contributed by atoms with van der Waals surface area (Å²) in [7, 11) is 0. The molecule has 3 N–H and O–H groups in total. The molecule has 5 nitrogen and oxygen atoms in total. The Labute approximate surface area is 96.0 Å². The molecule has 0 aliphatic carbocycles. The Balaban J connectivity index is 2.38. The van der Waals surface area contributed by atoms with Crippen molar-refractivity contribution in [2.75, 3.05) is 6.61 Å². The van der Waals surface area contributed by atoms with Crippen molar-refractivity contribution >= 4 is 0 Å². The third-order valence-electron chi connectivity index (χ3n) is 2.86. The lowest BCUT2D eigenvalue weighted by Crippen LogP contribution is -2.57. The van der Waals surface area contributed by atoms with Crippen LogP contribution < -0.4 is 0 Å². The van der Waals surface area contributed by atoms with E-state index in [2.05, 4.69) is 6.92 Å². The van der Waals surface area contributed by atoms with Gasteiger partial charge >= 0.3 is 0 Å². The van der Waals surface area contributed by atoms with E-state index < -0.39 is 30.7 Å². The molecule has 1 heterocycles. The first-order valence-electron chi connectivity index (χ1n) is 5.89. The van der Waals surface area contributed by atoms with E-state index in [4.69, 9.17) is 9.47 Å². The summed E-state index contributed by atoms with van der Waals surface area (Å²) in [6, 6.07) is 0. The van der Waals surface area contributed by atoms with E-state index in [1.807, 2.05) is 0 Å². The Morgan fingerprint density at radius 3 is 2.44 bits per heavy atom. The molecule has 1 aliphatic rings. The van der Waals surface area contributed by atoms with Gasteiger partial charge in [0.25, 0.3) is 0 Å². The quantitative estimate of drug-likeness (QED) is 0.584. The van der Waals surface area contributed by atoms with Crippen LogP contribution in [0.25, 0.3) is 0 Å². The van der Waals surface area contributed by atoms with Gasteiger partial charge in [-0.25, -0.2) is 0 Å². The first-order valence-corrected chi connectivity index (χ1v) is 5.89. The van der Waals surface area contributed by atoms with Crippen LogP contribution in [0.15, 0.2) is 0 Å². The average molecular weight is 234 g/mol. The van der Waals surface area contributed by atoms with Crippen LogP contribution in [0.2, 0.25) is 0 Å². The van der Waals surface area contributed by atoms with Gasteiger partial charge in [-0.05, 0) is 13.3 Å². The van der Waals surface area contributed by atoms with Crippen molar-refractivity contribution in [3.63, 3.8) is 0 Å². The molecular weight excluding hydrogens is 212 g/mol. The second-order valence-electron chi connectivity index (χ2n) is 4.26. The maximum atomic E-state index is 9.72. The van der Waals surface area contributed by atoms with Crippen molar-refractivity contribution in [3.05, 3.63) is 0 Å². The van der Waals surface area contributed by atoms with E-state index in [1.54, 1.807) is 6.92 Å². The molecule has 1 aliphatic heterocycles. The largest absolute Gasteiger partial charge is 0.388 e. The van der Waals surface area contributed by atoms with Crippen molar-refractivity contribution in [1.29, 1.82) is 0 Å². The summed E-state index contributed by atoms with van der Waals surface area (Å²) in [5, 5.41) is 28.9. The minimum Gasteiger partial charge on any atom is -0.388 e. The number of aliphatic hydroxyl groups is 3. The van der Waals surface area contributed by atoms with Gasteiger partial charge in [0.15, 0.2) is 6.29 Å². The van der Waals surface area contributed by atoms with Crippen LogP contribution in [0.1, 0.15) is 33.1 Å². The zero-order valence-corrected chi connectivity index (χ0v) is 9.87. The topological polar surface area (TPSA) is 79.2 Å². The van der Waals surface area contributed by atoms with E-state index in [9.17, 15) is 15.3 Å². The van der Waals surface area contributed by atoms with Gasteiger partial charge in [-0.15, -0.1) is 0 Å². The third kappa shape index (κ3) is 3.40. The number of hydrogen-bond donors (Lipinski definition) is 3. The minimum absolute atomic E-state index is 0.455. The lowest BCUT2D eigenvalue weighted by atomic mass is 10.00. The SMILES string of the molecule is CCCCCO[C@@H]1[C@@H](O)[C@H](O)C(C)O[C@H]1O. The third-order valence-corrected chi connectivity index (χ3v) is 2.86. The molecule has 0 aromatic heterocycles. The molecule has 0 aromatic rings. The molecule has 0 aromatic carbocycles. The van der Waals surface area contributed by atoms with Crippen LogP contribution in [-0.4, -0.2) is 52.6 Å². The van der Waals surface area contributed by atoms with Gasteiger partial charge in [0.05, 0.1) is 6.10 Å². The van der Waals surface area contributed by atoms with E-state index in [-0.39, 0.29) is 0 Å². The van der Waals surface area contributed by atoms with Crippen molar-refractivity contribution in [1.82, 2.24) is 0 Å². The van der Waals surface area contributed by atoms with Gasteiger partial charge in [0.2, 0.25) is 0 Å². The zero-order chi connectivity index (χ0) is 12.1. The van der Waals surface area contributed by atoms with Crippen molar-refractivity contribution in [2.24, 2.45) is 0 Å². The molecule has 96 valence electrons. The summed E-state index contributed by atoms with van der Waals surface area (Å²) >= 11 is 0. The van der Waals surface area contributed by atoms with Crippen LogP contribution in [0.5, 0.6) is 0 Å². The van der Waals surface area contributed by atoms with Gasteiger partial charge in [0, 0.05) is 6.61 Å². The van der Waals surface area contributed by atoms with E-state index in [0.717, 1.165) is 19.3 Å². The number of ether oxygens (including phenoxy) is 2. The van der Waals surface area contributed by atoms with E-state index in [0.29, 0.717) is 6.61 Å². The summed E-state index contributed by atoms with van der Waals surface area (Å²) in [6.07, 6.45) is -1.73. The highest BCUT2D eigenvalue weighted by Crippen LogP contribution is 2.22. The monoisotopic (exact) mass is 234 g/mol. The molecule has 1 fully saturated rings. The number of unbranched alkanes of at least 4 members (excludes halogenated alkanes) is 2. The van der Waals surface area contributed by atoms with E-state index >= 15 is 0 Å². The predicted molar refractivity (Wildman–Crippen MR) is 57.8 cm³/mol. The van der Waals surface area contributed by atoms with Crippen molar-refractivity contribution in [2.45, 2.75) is 63.8 Å². The number of aliphatic hydroxyl groups excluding tert-OH is 3. The molecular formula is C11H22O5. The summed E-state index contributed by atoms with van der Waals surface area (Å²) in [5.74, 6) is 0. The molecule has 5 heteroatoms. The summed E-state index contributed by atoms with van der Waals surface area (Å²) < 4.78 is 10.4. The molecule has 1 rings (SSSR count). The normalized spacial score (nSPS) is 39.9. The van der Waals surface area contributed by atoms with E-state index in [1.165, 1.54) is 0 Å².